The summed E-state index contributed by atoms with van der Waals surface area (Å²) in [6, 6.07) is 18.2. The molecule has 2 amide bonds. The molecule has 4 rings (SSSR count). The number of rotatable bonds is 6. The van der Waals surface area contributed by atoms with Gasteiger partial charge in [0.2, 0.25) is 11.8 Å². The molecule has 0 bridgehead atoms. The molecule has 2 aromatic carbocycles. The molecular weight excluding hydrogens is 376 g/mol. The minimum Gasteiger partial charge on any atom is -0.497 e. The lowest BCUT2D eigenvalue weighted by Gasteiger charge is -2.30. The van der Waals surface area contributed by atoms with Crippen LogP contribution in [0.4, 0.5) is 0 Å². The Labute approximate surface area is 178 Å². The standard InChI is InChI=1S/C25H30N2O3/c1-30-22-13-10-19(11-14-22)12-15-24(28)26-17-21-8-5-9-25(29)27(23(21)18-26)16-20-6-3-2-4-7-20/h2-4,6-7,10-11,13-14,21,23H,5,8-9,12,15-18H2,1H3/t21-,23+/m1/s1. The lowest BCUT2D eigenvalue weighted by atomic mass is 9.98. The molecule has 0 unspecified atom stereocenters. The number of carbonyl (C=O) groups excluding carboxylic acids is 2. The van der Waals surface area contributed by atoms with E-state index in [2.05, 4.69) is 12.1 Å². The fraction of sp³-hybridized carbons (Fsp3) is 0.440. The average Bonchev–Trinajstić information content (AvgIpc) is 3.14. The van der Waals surface area contributed by atoms with E-state index in [0.29, 0.717) is 31.8 Å². The first-order valence-corrected chi connectivity index (χ1v) is 10.9. The molecule has 2 aliphatic rings. The molecule has 30 heavy (non-hydrogen) atoms. The number of benzene rings is 2. The number of carbonyl (C=O) groups is 2. The topological polar surface area (TPSA) is 49.9 Å². The van der Waals surface area contributed by atoms with E-state index in [1.807, 2.05) is 52.3 Å². The highest BCUT2D eigenvalue weighted by molar-refractivity contribution is 5.79. The largest absolute Gasteiger partial charge is 0.497 e. The van der Waals surface area contributed by atoms with Gasteiger partial charge in [-0.3, -0.25) is 9.59 Å². The molecule has 0 spiro atoms. The maximum atomic E-state index is 12.9. The van der Waals surface area contributed by atoms with Crippen LogP contribution in [0, 0.1) is 5.92 Å². The molecule has 158 valence electrons. The second-order valence-corrected chi connectivity index (χ2v) is 8.37. The van der Waals surface area contributed by atoms with E-state index in [1.54, 1.807) is 7.11 Å². The first kappa shape index (κ1) is 20.5. The number of hydrogen-bond donors (Lipinski definition) is 0. The van der Waals surface area contributed by atoms with E-state index >= 15 is 0 Å². The summed E-state index contributed by atoms with van der Waals surface area (Å²) in [4.78, 5) is 29.7. The Bertz CT molecular complexity index is 866. The van der Waals surface area contributed by atoms with Crippen LogP contribution in [0.2, 0.25) is 0 Å². The fourth-order valence-electron chi connectivity index (χ4n) is 4.73. The molecule has 0 radical (unpaired) electrons. The minimum atomic E-state index is 0.130. The van der Waals surface area contributed by atoms with Crippen LogP contribution in [0.25, 0.3) is 0 Å². The number of aryl methyl sites for hydroxylation is 1. The SMILES string of the molecule is COc1ccc(CCC(=O)N2C[C@H]3CCCC(=O)N(Cc4ccccc4)[C@H]3C2)cc1. The third-order valence-electron chi connectivity index (χ3n) is 6.43. The van der Waals surface area contributed by atoms with Crippen molar-refractivity contribution in [2.24, 2.45) is 5.92 Å². The van der Waals surface area contributed by atoms with Crippen molar-refractivity contribution in [1.29, 1.82) is 0 Å². The Morgan fingerprint density at radius 1 is 1.03 bits per heavy atom. The van der Waals surface area contributed by atoms with Crippen molar-refractivity contribution in [3.05, 3.63) is 65.7 Å². The Balaban J connectivity index is 1.39. The number of hydrogen-bond acceptors (Lipinski definition) is 3. The maximum absolute atomic E-state index is 12.9. The van der Waals surface area contributed by atoms with E-state index in [4.69, 9.17) is 4.74 Å². The summed E-state index contributed by atoms with van der Waals surface area (Å²) < 4.78 is 5.19. The molecule has 0 saturated carbocycles. The van der Waals surface area contributed by atoms with Crippen LogP contribution in [0.3, 0.4) is 0 Å². The van der Waals surface area contributed by atoms with Crippen molar-refractivity contribution in [1.82, 2.24) is 9.80 Å². The van der Waals surface area contributed by atoms with Gasteiger partial charge in [-0.25, -0.2) is 0 Å². The highest BCUT2D eigenvalue weighted by atomic mass is 16.5. The van der Waals surface area contributed by atoms with Crippen molar-refractivity contribution in [3.63, 3.8) is 0 Å². The smallest absolute Gasteiger partial charge is 0.223 e. The van der Waals surface area contributed by atoms with Crippen LogP contribution < -0.4 is 4.74 Å². The number of amides is 2. The molecule has 5 heteroatoms. The predicted octanol–water partition coefficient (Wildman–Crippen LogP) is 3.67. The van der Waals surface area contributed by atoms with Gasteiger partial charge in [0.15, 0.2) is 0 Å². The van der Waals surface area contributed by atoms with Crippen molar-refractivity contribution < 1.29 is 14.3 Å². The highest BCUT2D eigenvalue weighted by Crippen LogP contribution is 2.32. The van der Waals surface area contributed by atoms with Gasteiger partial charge >= 0.3 is 0 Å². The molecule has 2 fully saturated rings. The number of nitrogens with zero attached hydrogens (tertiary/aromatic N) is 2. The molecular formula is C25H30N2O3. The van der Waals surface area contributed by atoms with Gasteiger partial charge in [0.25, 0.3) is 0 Å². The zero-order valence-electron chi connectivity index (χ0n) is 17.6. The lowest BCUT2D eigenvalue weighted by Crippen LogP contribution is -2.43. The number of ether oxygens (including phenoxy) is 1. The third kappa shape index (κ3) is 4.66. The van der Waals surface area contributed by atoms with Crippen LogP contribution in [-0.4, -0.2) is 47.9 Å². The Morgan fingerprint density at radius 3 is 2.53 bits per heavy atom. The summed E-state index contributed by atoms with van der Waals surface area (Å²) in [5, 5.41) is 0. The van der Waals surface area contributed by atoms with Gasteiger partial charge in [-0.05, 0) is 48.4 Å². The summed E-state index contributed by atoms with van der Waals surface area (Å²) in [5.41, 5.74) is 2.29. The third-order valence-corrected chi connectivity index (χ3v) is 6.43. The van der Waals surface area contributed by atoms with Crippen LogP contribution in [0.5, 0.6) is 5.75 Å². The maximum Gasteiger partial charge on any atom is 0.223 e. The lowest BCUT2D eigenvalue weighted by molar-refractivity contribution is -0.135. The number of likely N-dealkylation sites (tertiary alicyclic amines) is 2. The van der Waals surface area contributed by atoms with Crippen LogP contribution in [0.15, 0.2) is 54.6 Å². The molecule has 5 nitrogen and oxygen atoms in total. The van der Waals surface area contributed by atoms with Gasteiger partial charge < -0.3 is 14.5 Å². The van der Waals surface area contributed by atoms with Gasteiger partial charge in [0.1, 0.15) is 5.75 Å². The van der Waals surface area contributed by atoms with Crippen molar-refractivity contribution in [2.45, 2.75) is 44.7 Å². The zero-order chi connectivity index (χ0) is 20.9. The second-order valence-electron chi connectivity index (χ2n) is 8.37. The molecule has 2 saturated heterocycles. The van der Waals surface area contributed by atoms with Gasteiger partial charge in [-0.1, -0.05) is 42.5 Å². The molecule has 2 heterocycles. The monoisotopic (exact) mass is 406 g/mol. The van der Waals surface area contributed by atoms with E-state index < -0.39 is 0 Å². The number of fused-ring (bicyclic) bond motifs is 1. The minimum absolute atomic E-state index is 0.130. The normalized spacial score (nSPS) is 21.3. The van der Waals surface area contributed by atoms with E-state index in [1.165, 1.54) is 0 Å². The quantitative estimate of drug-likeness (QED) is 0.736. The van der Waals surface area contributed by atoms with E-state index in [9.17, 15) is 9.59 Å². The number of methoxy groups -OCH3 is 1. The Kier molecular flexibility index (Phi) is 6.36. The summed E-state index contributed by atoms with van der Waals surface area (Å²) in [6.45, 7) is 2.06. The summed E-state index contributed by atoms with van der Waals surface area (Å²) >= 11 is 0. The molecule has 2 atom stereocenters. The highest BCUT2D eigenvalue weighted by Gasteiger charge is 2.41. The zero-order valence-corrected chi connectivity index (χ0v) is 17.6. The summed E-state index contributed by atoms with van der Waals surface area (Å²) in [5.74, 6) is 1.61. The van der Waals surface area contributed by atoms with Crippen LogP contribution >= 0.6 is 0 Å². The average molecular weight is 407 g/mol. The van der Waals surface area contributed by atoms with Gasteiger partial charge in [-0.2, -0.15) is 0 Å². The van der Waals surface area contributed by atoms with Crippen molar-refractivity contribution in [2.75, 3.05) is 20.2 Å². The van der Waals surface area contributed by atoms with Crippen LogP contribution in [-0.2, 0) is 22.6 Å². The first-order valence-electron chi connectivity index (χ1n) is 10.9. The molecule has 2 aromatic rings. The van der Waals surface area contributed by atoms with Gasteiger partial charge in [0.05, 0.1) is 13.2 Å². The molecule has 0 N–H and O–H groups in total. The Hall–Kier alpha value is -2.82. The Morgan fingerprint density at radius 2 is 1.80 bits per heavy atom. The molecule has 0 aromatic heterocycles. The van der Waals surface area contributed by atoms with Crippen molar-refractivity contribution >= 4 is 11.8 Å². The van der Waals surface area contributed by atoms with Gasteiger partial charge in [0, 0.05) is 32.5 Å². The van der Waals surface area contributed by atoms with Gasteiger partial charge in [-0.15, -0.1) is 0 Å². The summed E-state index contributed by atoms with van der Waals surface area (Å²) in [6.07, 6.45) is 3.77. The molecule has 2 aliphatic heterocycles. The van der Waals surface area contributed by atoms with E-state index in [-0.39, 0.29) is 17.9 Å². The van der Waals surface area contributed by atoms with Crippen LogP contribution in [0.1, 0.15) is 36.8 Å². The van der Waals surface area contributed by atoms with Crippen molar-refractivity contribution in [3.8, 4) is 5.75 Å². The fourth-order valence-corrected chi connectivity index (χ4v) is 4.73. The van der Waals surface area contributed by atoms with E-state index in [0.717, 1.165) is 42.7 Å². The second kappa shape index (κ2) is 9.33. The summed E-state index contributed by atoms with van der Waals surface area (Å²) in [7, 11) is 1.65. The predicted molar refractivity (Wildman–Crippen MR) is 116 cm³/mol. The molecule has 0 aliphatic carbocycles. The first-order chi connectivity index (χ1) is 14.6.